The molecule has 15 heteroatoms. The van der Waals surface area contributed by atoms with E-state index in [9.17, 15) is 19.2 Å². The molecule has 2 heterocycles. The van der Waals surface area contributed by atoms with E-state index in [2.05, 4.69) is 20.6 Å². The molecule has 0 unspecified atom stereocenters. The molecule has 54 heavy (non-hydrogen) atoms. The van der Waals surface area contributed by atoms with E-state index in [1.807, 2.05) is 24.6 Å². The van der Waals surface area contributed by atoms with Gasteiger partial charge in [0.05, 0.1) is 37.7 Å². The first-order valence-electron chi connectivity index (χ1n) is 17.3. The normalized spacial score (nSPS) is 11.1. The fourth-order valence-corrected chi connectivity index (χ4v) is 5.26. The maximum atomic E-state index is 13.6. The molecule has 0 saturated heterocycles. The lowest BCUT2D eigenvalue weighted by atomic mass is 10.1. The smallest absolute Gasteiger partial charge is 0.435 e. The molecule has 5 aromatic rings. The summed E-state index contributed by atoms with van der Waals surface area (Å²) in [5, 5.41) is 5.98. The first-order chi connectivity index (χ1) is 26.1. The number of imidazole rings is 1. The standard InChI is InChI=1S/C39H42N8O7/c1-4-5-22-53-38(50)43-30-14-9-26(10-15-30)25-54-39(51)45-36(40)27-11-16-29(17-12-27)42-24-34-44-31-23-28(13-18-32(31)46(34)2)37(49)47(21-19-35(48)52-3)33-8-6-7-20-41-33/h6-18,20,23,42H,4-5,19,21-22,24-25H2,1-3H3,(H,43,50)(H2,40,45,51). The number of amidine groups is 1. The van der Waals surface area contributed by atoms with Crippen molar-refractivity contribution in [2.24, 2.45) is 17.8 Å². The van der Waals surface area contributed by atoms with Gasteiger partial charge in [0, 0.05) is 42.3 Å². The fourth-order valence-electron chi connectivity index (χ4n) is 5.26. The molecule has 2 aromatic heterocycles. The van der Waals surface area contributed by atoms with Gasteiger partial charge in [0.1, 0.15) is 24.1 Å². The van der Waals surface area contributed by atoms with E-state index in [0.717, 1.165) is 29.9 Å². The Morgan fingerprint density at radius 3 is 2.37 bits per heavy atom. The van der Waals surface area contributed by atoms with Crippen LogP contribution in [0.1, 0.15) is 53.5 Å². The van der Waals surface area contributed by atoms with Crippen molar-refractivity contribution >= 4 is 58.1 Å². The molecule has 3 amide bonds. The number of anilines is 3. The predicted molar refractivity (Wildman–Crippen MR) is 204 cm³/mol. The van der Waals surface area contributed by atoms with Gasteiger partial charge in [-0.05, 0) is 78.7 Å². The number of hydrogen-bond donors (Lipinski definition) is 3. The number of nitrogens with two attached hydrogens (primary N) is 1. The number of nitrogens with one attached hydrogen (secondary N) is 2. The number of carbonyl (C=O) groups is 4. The van der Waals surface area contributed by atoms with Crippen LogP contribution in [0.3, 0.4) is 0 Å². The SMILES string of the molecule is CCCCOC(=O)Nc1ccc(COC(=O)/N=C(\N)c2ccc(NCc3nc4cc(C(=O)N(CCC(=O)OC)c5ccccn5)ccc4n3C)cc2)cc1. The third-order valence-corrected chi connectivity index (χ3v) is 8.30. The molecule has 0 fully saturated rings. The average Bonchev–Trinajstić information content (AvgIpc) is 3.51. The Morgan fingerprint density at radius 2 is 1.67 bits per heavy atom. The van der Waals surface area contributed by atoms with Gasteiger partial charge in [-0.25, -0.2) is 19.6 Å². The quantitative estimate of drug-likeness (QED) is 0.0366. The van der Waals surface area contributed by atoms with E-state index in [1.165, 1.54) is 12.0 Å². The van der Waals surface area contributed by atoms with Crippen LogP contribution in [0.25, 0.3) is 11.0 Å². The number of fused-ring (bicyclic) bond motifs is 1. The summed E-state index contributed by atoms with van der Waals surface area (Å²) in [5.41, 5.74) is 10.5. The number of nitrogens with zero attached hydrogens (tertiary/aromatic N) is 5. The molecular formula is C39H42N8O7. The van der Waals surface area contributed by atoms with Gasteiger partial charge in [-0.1, -0.05) is 31.5 Å². The van der Waals surface area contributed by atoms with Crippen molar-refractivity contribution in [2.75, 3.05) is 35.8 Å². The average molecular weight is 735 g/mol. The fraction of sp³-hybridized carbons (Fsp3) is 0.256. The molecule has 0 spiro atoms. The number of amides is 3. The van der Waals surface area contributed by atoms with Gasteiger partial charge in [-0.3, -0.25) is 19.8 Å². The van der Waals surface area contributed by atoms with Gasteiger partial charge in [0.2, 0.25) is 0 Å². The number of hydrogen-bond acceptors (Lipinski definition) is 10. The number of esters is 1. The number of ether oxygens (including phenoxy) is 3. The predicted octanol–water partition coefficient (Wildman–Crippen LogP) is 6.18. The number of methoxy groups -OCH3 is 1. The van der Waals surface area contributed by atoms with E-state index >= 15 is 0 Å². The number of aryl methyl sites for hydroxylation is 1. The number of benzene rings is 3. The molecule has 5 rings (SSSR count). The van der Waals surface area contributed by atoms with Gasteiger partial charge < -0.3 is 29.8 Å². The van der Waals surface area contributed by atoms with Crippen LogP contribution in [-0.4, -0.2) is 64.7 Å². The zero-order chi connectivity index (χ0) is 38.5. The van der Waals surface area contributed by atoms with Crippen LogP contribution in [-0.2, 0) is 39.2 Å². The second-order valence-corrected chi connectivity index (χ2v) is 12.1. The lowest BCUT2D eigenvalue weighted by Crippen LogP contribution is -2.33. The molecule has 0 saturated carbocycles. The lowest BCUT2D eigenvalue weighted by molar-refractivity contribution is -0.140. The highest BCUT2D eigenvalue weighted by Crippen LogP contribution is 2.22. The second-order valence-electron chi connectivity index (χ2n) is 12.1. The van der Waals surface area contributed by atoms with Crippen LogP contribution in [0.5, 0.6) is 0 Å². The molecule has 280 valence electrons. The van der Waals surface area contributed by atoms with Crippen molar-refractivity contribution in [3.05, 3.63) is 114 Å². The summed E-state index contributed by atoms with van der Waals surface area (Å²) in [5.74, 6) is 0.405. The highest BCUT2D eigenvalue weighted by atomic mass is 16.6. The first kappa shape index (κ1) is 38.5. The number of aromatic nitrogens is 3. The molecule has 4 N–H and O–H groups in total. The van der Waals surface area contributed by atoms with Crippen molar-refractivity contribution in [3.63, 3.8) is 0 Å². The minimum Gasteiger partial charge on any atom is -0.469 e. The number of unbranched alkanes of at least 4 members (excludes halogenated alkanes) is 1. The summed E-state index contributed by atoms with van der Waals surface area (Å²) in [6.07, 6.45) is 1.97. The minimum absolute atomic E-state index is 0.000271. The highest BCUT2D eigenvalue weighted by molar-refractivity contribution is 6.07. The molecule has 0 aliphatic rings. The van der Waals surface area contributed by atoms with Gasteiger partial charge in [0.25, 0.3) is 5.91 Å². The molecular weight excluding hydrogens is 692 g/mol. The van der Waals surface area contributed by atoms with Crippen LogP contribution in [0, 0.1) is 0 Å². The number of pyridine rings is 1. The van der Waals surface area contributed by atoms with Crippen molar-refractivity contribution in [2.45, 2.75) is 39.3 Å². The Kier molecular flexibility index (Phi) is 13.3. The molecule has 0 aliphatic heterocycles. The topological polar surface area (TPSA) is 192 Å². The number of carbonyl (C=O) groups excluding carboxylic acids is 4. The lowest BCUT2D eigenvalue weighted by Gasteiger charge is -2.21. The summed E-state index contributed by atoms with van der Waals surface area (Å²) in [7, 11) is 3.20. The summed E-state index contributed by atoms with van der Waals surface area (Å²) in [4.78, 5) is 64.0. The summed E-state index contributed by atoms with van der Waals surface area (Å²) in [6, 6.07) is 24.4. The first-order valence-corrected chi connectivity index (χ1v) is 17.3. The second kappa shape index (κ2) is 18.6. The van der Waals surface area contributed by atoms with E-state index < -0.39 is 18.2 Å². The van der Waals surface area contributed by atoms with E-state index in [0.29, 0.717) is 46.9 Å². The highest BCUT2D eigenvalue weighted by Gasteiger charge is 2.21. The Hall–Kier alpha value is -6.77. The van der Waals surface area contributed by atoms with Gasteiger partial charge >= 0.3 is 18.2 Å². The Balaban J connectivity index is 1.15. The summed E-state index contributed by atoms with van der Waals surface area (Å²) < 4.78 is 17.0. The molecule has 15 nitrogen and oxygen atoms in total. The zero-order valence-corrected chi connectivity index (χ0v) is 30.3. The van der Waals surface area contributed by atoms with Crippen molar-refractivity contribution < 1.29 is 33.4 Å². The van der Waals surface area contributed by atoms with Crippen LogP contribution in [0.4, 0.5) is 26.8 Å². The van der Waals surface area contributed by atoms with Gasteiger partial charge in [-0.15, -0.1) is 0 Å². The van der Waals surface area contributed by atoms with Crippen molar-refractivity contribution in [1.29, 1.82) is 0 Å². The third kappa shape index (κ3) is 10.4. The van der Waals surface area contributed by atoms with E-state index in [1.54, 1.807) is 85.1 Å². The number of rotatable bonds is 15. The van der Waals surface area contributed by atoms with Crippen molar-refractivity contribution in [1.82, 2.24) is 14.5 Å². The Labute approximate surface area is 312 Å². The van der Waals surface area contributed by atoms with Crippen LogP contribution >= 0.6 is 0 Å². The monoisotopic (exact) mass is 734 g/mol. The van der Waals surface area contributed by atoms with Gasteiger partial charge in [0.15, 0.2) is 0 Å². The summed E-state index contributed by atoms with van der Waals surface area (Å²) in [6.45, 7) is 2.82. The van der Waals surface area contributed by atoms with Crippen LogP contribution in [0.15, 0.2) is 96.1 Å². The minimum atomic E-state index is -0.839. The van der Waals surface area contributed by atoms with Gasteiger partial charge in [-0.2, -0.15) is 4.99 Å². The molecule has 3 aromatic carbocycles. The Morgan fingerprint density at radius 1 is 0.926 bits per heavy atom. The summed E-state index contributed by atoms with van der Waals surface area (Å²) >= 11 is 0. The number of aliphatic imine (C=N–C) groups is 1. The Bertz CT molecular complexity index is 2100. The third-order valence-electron chi connectivity index (χ3n) is 8.30. The van der Waals surface area contributed by atoms with E-state index in [-0.39, 0.29) is 31.3 Å². The largest absolute Gasteiger partial charge is 0.469 e. The molecule has 0 aliphatic carbocycles. The van der Waals surface area contributed by atoms with Crippen LogP contribution in [0.2, 0.25) is 0 Å². The maximum absolute atomic E-state index is 13.6. The molecule has 0 bridgehead atoms. The van der Waals surface area contributed by atoms with E-state index in [4.69, 9.17) is 24.9 Å². The van der Waals surface area contributed by atoms with Crippen LogP contribution < -0.4 is 21.3 Å². The maximum Gasteiger partial charge on any atom is 0.435 e. The zero-order valence-electron chi connectivity index (χ0n) is 30.3. The van der Waals surface area contributed by atoms with Crippen molar-refractivity contribution in [3.8, 4) is 0 Å². The molecule has 0 atom stereocenters. The molecule has 0 radical (unpaired) electrons.